The van der Waals surface area contributed by atoms with Crippen molar-refractivity contribution >= 4 is 11.6 Å². The molecule has 21 heavy (non-hydrogen) atoms. The number of rotatable bonds is 4. The molecule has 3 rings (SSSR count). The molecule has 1 amide bonds. The van der Waals surface area contributed by atoms with E-state index in [2.05, 4.69) is 16.7 Å². The van der Waals surface area contributed by atoms with Crippen LogP contribution in [-0.4, -0.2) is 13.0 Å². The maximum Gasteiger partial charge on any atom is 0.255 e. The third-order valence-electron chi connectivity index (χ3n) is 3.93. The molecule has 2 aromatic rings. The van der Waals surface area contributed by atoms with Gasteiger partial charge in [-0.3, -0.25) is 4.79 Å². The van der Waals surface area contributed by atoms with Gasteiger partial charge in [0.15, 0.2) is 0 Å². The Kier molecular flexibility index (Phi) is 4.02. The quantitative estimate of drug-likeness (QED) is 0.903. The Morgan fingerprint density at radius 2 is 1.95 bits per heavy atom. The van der Waals surface area contributed by atoms with Crippen LogP contribution in [0, 0.1) is 0 Å². The standard InChI is InChI=1S/C18H20N2O/c1-19-12-13-4-2-7-17(10-13)20-18(21)16-9-8-14-5-3-6-15(14)11-16/h2,4,7-11,19H,3,5-6,12H2,1H3,(H,20,21). The number of anilines is 1. The van der Waals surface area contributed by atoms with Gasteiger partial charge in [-0.05, 0) is 67.3 Å². The summed E-state index contributed by atoms with van der Waals surface area (Å²) >= 11 is 0. The highest BCUT2D eigenvalue weighted by molar-refractivity contribution is 6.04. The zero-order chi connectivity index (χ0) is 14.7. The van der Waals surface area contributed by atoms with Crippen LogP contribution >= 0.6 is 0 Å². The molecule has 0 heterocycles. The molecule has 0 saturated carbocycles. The number of hydrogen-bond donors (Lipinski definition) is 2. The van der Waals surface area contributed by atoms with Crippen LogP contribution in [-0.2, 0) is 19.4 Å². The van der Waals surface area contributed by atoms with Crippen molar-refractivity contribution in [3.05, 3.63) is 64.7 Å². The van der Waals surface area contributed by atoms with E-state index in [0.717, 1.165) is 36.2 Å². The van der Waals surface area contributed by atoms with Crippen molar-refractivity contribution in [1.82, 2.24) is 5.32 Å². The van der Waals surface area contributed by atoms with E-state index in [-0.39, 0.29) is 5.91 Å². The number of aryl methyl sites for hydroxylation is 2. The molecule has 108 valence electrons. The van der Waals surface area contributed by atoms with Gasteiger partial charge in [0, 0.05) is 17.8 Å². The van der Waals surface area contributed by atoms with Gasteiger partial charge in [0.25, 0.3) is 5.91 Å². The fourth-order valence-corrected chi connectivity index (χ4v) is 2.88. The van der Waals surface area contributed by atoms with Crippen molar-refractivity contribution in [2.24, 2.45) is 0 Å². The van der Waals surface area contributed by atoms with Crippen molar-refractivity contribution in [2.75, 3.05) is 12.4 Å². The largest absolute Gasteiger partial charge is 0.322 e. The van der Waals surface area contributed by atoms with Crippen LogP contribution in [0.2, 0.25) is 0 Å². The van der Waals surface area contributed by atoms with E-state index in [9.17, 15) is 4.79 Å². The topological polar surface area (TPSA) is 41.1 Å². The molecule has 3 nitrogen and oxygen atoms in total. The van der Waals surface area contributed by atoms with E-state index in [1.165, 1.54) is 17.5 Å². The average molecular weight is 280 g/mol. The first kappa shape index (κ1) is 13.8. The minimum atomic E-state index is -0.0358. The van der Waals surface area contributed by atoms with Gasteiger partial charge in [0.1, 0.15) is 0 Å². The zero-order valence-electron chi connectivity index (χ0n) is 12.3. The molecule has 0 radical (unpaired) electrons. The number of amides is 1. The molecular weight excluding hydrogens is 260 g/mol. The van der Waals surface area contributed by atoms with Crippen molar-refractivity contribution in [1.29, 1.82) is 0 Å². The summed E-state index contributed by atoms with van der Waals surface area (Å²) in [7, 11) is 1.91. The fourth-order valence-electron chi connectivity index (χ4n) is 2.88. The maximum atomic E-state index is 12.4. The number of fused-ring (bicyclic) bond motifs is 1. The van der Waals surface area contributed by atoms with Gasteiger partial charge in [-0.1, -0.05) is 18.2 Å². The Bertz CT molecular complexity index is 664. The molecule has 3 heteroatoms. The second kappa shape index (κ2) is 6.10. The van der Waals surface area contributed by atoms with Gasteiger partial charge >= 0.3 is 0 Å². The van der Waals surface area contributed by atoms with Crippen LogP contribution in [0.4, 0.5) is 5.69 Å². The van der Waals surface area contributed by atoms with Crippen molar-refractivity contribution in [3.63, 3.8) is 0 Å². The second-order valence-corrected chi connectivity index (χ2v) is 5.52. The lowest BCUT2D eigenvalue weighted by atomic mass is 10.1. The van der Waals surface area contributed by atoms with Crippen LogP contribution in [0.3, 0.4) is 0 Å². The molecule has 0 atom stereocenters. The van der Waals surface area contributed by atoms with Crippen LogP contribution in [0.15, 0.2) is 42.5 Å². The van der Waals surface area contributed by atoms with E-state index >= 15 is 0 Å². The first-order valence-corrected chi connectivity index (χ1v) is 7.43. The van der Waals surface area contributed by atoms with E-state index < -0.39 is 0 Å². The second-order valence-electron chi connectivity index (χ2n) is 5.52. The van der Waals surface area contributed by atoms with Crippen LogP contribution in [0.25, 0.3) is 0 Å². The number of hydrogen-bond acceptors (Lipinski definition) is 2. The molecule has 0 bridgehead atoms. The minimum Gasteiger partial charge on any atom is -0.322 e. The summed E-state index contributed by atoms with van der Waals surface area (Å²) in [6.45, 7) is 0.794. The van der Waals surface area contributed by atoms with E-state index in [1.807, 2.05) is 43.4 Å². The summed E-state index contributed by atoms with van der Waals surface area (Å²) in [5, 5.41) is 6.09. The fraction of sp³-hybridized carbons (Fsp3) is 0.278. The monoisotopic (exact) mass is 280 g/mol. The number of carbonyl (C=O) groups is 1. The van der Waals surface area contributed by atoms with E-state index in [0.29, 0.717) is 0 Å². The summed E-state index contributed by atoms with van der Waals surface area (Å²) < 4.78 is 0. The van der Waals surface area contributed by atoms with Gasteiger partial charge in [-0.2, -0.15) is 0 Å². The Morgan fingerprint density at radius 3 is 2.81 bits per heavy atom. The molecule has 0 unspecified atom stereocenters. The molecule has 0 aliphatic heterocycles. The van der Waals surface area contributed by atoms with Crippen molar-refractivity contribution < 1.29 is 4.79 Å². The summed E-state index contributed by atoms with van der Waals surface area (Å²) in [4.78, 5) is 12.4. The first-order valence-electron chi connectivity index (χ1n) is 7.43. The van der Waals surface area contributed by atoms with Gasteiger partial charge in [0.2, 0.25) is 0 Å². The van der Waals surface area contributed by atoms with Crippen LogP contribution in [0.1, 0.15) is 33.5 Å². The minimum absolute atomic E-state index is 0.0358. The molecule has 2 aromatic carbocycles. The Balaban J connectivity index is 1.75. The van der Waals surface area contributed by atoms with Crippen molar-refractivity contribution in [2.45, 2.75) is 25.8 Å². The Morgan fingerprint density at radius 1 is 1.10 bits per heavy atom. The lowest BCUT2D eigenvalue weighted by Crippen LogP contribution is -2.13. The molecule has 0 fully saturated rings. The molecule has 0 aromatic heterocycles. The summed E-state index contributed by atoms with van der Waals surface area (Å²) in [5.41, 5.74) is 5.46. The first-order chi connectivity index (χ1) is 10.3. The third kappa shape index (κ3) is 3.14. The molecule has 1 aliphatic rings. The molecule has 0 saturated heterocycles. The van der Waals surface area contributed by atoms with Gasteiger partial charge in [-0.25, -0.2) is 0 Å². The normalized spacial score (nSPS) is 13.0. The predicted octanol–water partition coefficient (Wildman–Crippen LogP) is 3.15. The number of carbonyl (C=O) groups excluding carboxylic acids is 1. The summed E-state index contributed by atoms with van der Waals surface area (Å²) in [6, 6.07) is 14.0. The Labute approximate surface area is 125 Å². The van der Waals surface area contributed by atoms with E-state index in [1.54, 1.807) is 0 Å². The third-order valence-corrected chi connectivity index (χ3v) is 3.93. The molecular formula is C18H20N2O. The molecule has 1 aliphatic carbocycles. The maximum absolute atomic E-state index is 12.4. The van der Waals surface area contributed by atoms with E-state index in [4.69, 9.17) is 0 Å². The smallest absolute Gasteiger partial charge is 0.255 e. The highest BCUT2D eigenvalue weighted by Gasteiger charge is 2.14. The number of nitrogens with one attached hydrogen (secondary N) is 2. The van der Waals surface area contributed by atoms with Gasteiger partial charge in [-0.15, -0.1) is 0 Å². The van der Waals surface area contributed by atoms with Crippen LogP contribution < -0.4 is 10.6 Å². The Hall–Kier alpha value is -2.13. The van der Waals surface area contributed by atoms with Gasteiger partial charge in [0.05, 0.1) is 0 Å². The lowest BCUT2D eigenvalue weighted by Gasteiger charge is -2.08. The predicted molar refractivity (Wildman–Crippen MR) is 85.6 cm³/mol. The molecule has 2 N–H and O–H groups in total. The number of benzene rings is 2. The summed E-state index contributed by atoms with van der Waals surface area (Å²) in [6.07, 6.45) is 3.43. The summed E-state index contributed by atoms with van der Waals surface area (Å²) in [5.74, 6) is -0.0358. The highest BCUT2D eigenvalue weighted by Crippen LogP contribution is 2.23. The zero-order valence-corrected chi connectivity index (χ0v) is 12.3. The molecule has 0 spiro atoms. The highest BCUT2D eigenvalue weighted by atomic mass is 16.1. The SMILES string of the molecule is CNCc1cccc(NC(=O)c2ccc3c(c2)CCC3)c1. The lowest BCUT2D eigenvalue weighted by molar-refractivity contribution is 0.102. The van der Waals surface area contributed by atoms with Gasteiger partial charge < -0.3 is 10.6 Å². The van der Waals surface area contributed by atoms with Crippen LogP contribution in [0.5, 0.6) is 0 Å². The average Bonchev–Trinajstić information content (AvgIpc) is 2.95. The van der Waals surface area contributed by atoms with Crippen molar-refractivity contribution in [3.8, 4) is 0 Å².